The first-order chi connectivity index (χ1) is 9.19. The lowest BCUT2D eigenvalue weighted by Crippen LogP contribution is -2.28. The van der Waals surface area contributed by atoms with Crippen LogP contribution in [0.15, 0.2) is 18.2 Å². The number of hydrogen-bond donors (Lipinski definition) is 0. The van der Waals surface area contributed by atoms with Crippen LogP contribution >= 0.6 is 0 Å². The maximum Gasteiger partial charge on any atom is 0.534 e. The summed E-state index contributed by atoms with van der Waals surface area (Å²) in [5.41, 5.74) is -4.55. The van der Waals surface area contributed by atoms with Crippen LogP contribution in [0.25, 0.3) is 0 Å². The van der Waals surface area contributed by atoms with Crippen molar-refractivity contribution < 1.29 is 35.2 Å². The van der Waals surface area contributed by atoms with Crippen LogP contribution in [0, 0.1) is 0 Å². The van der Waals surface area contributed by atoms with Gasteiger partial charge in [0.15, 0.2) is 0 Å². The Morgan fingerprint density at radius 1 is 1.00 bits per heavy atom. The van der Waals surface area contributed by atoms with Gasteiger partial charge in [-0.3, -0.25) is 0 Å². The molecule has 5 nitrogen and oxygen atoms in total. The SMILES string of the molecule is COCc1cc(COC)cc(OS(=O)(=O)C(F)(F)F)c1. The van der Waals surface area contributed by atoms with Gasteiger partial charge in [0.25, 0.3) is 0 Å². The Hall–Kier alpha value is -1.32. The largest absolute Gasteiger partial charge is 0.534 e. The van der Waals surface area contributed by atoms with Crippen molar-refractivity contribution in [3.63, 3.8) is 0 Å². The average molecular weight is 314 g/mol. The van der Waals surface area contributed by atoms with E-state index >= 15 is 0 Å². The van der Waals surface area contributed by atoms with Gasteiger partial charge in [0, 0.05) is 14.2 Å². The molecule has 114 valence electrons. The minimum Gasteiger partial charge on any atom is -0.380 e. The van der Waals surface area contributed by atoms with Crippen LogP contribution in [0.5, 0.6) is 5.75 Å². The molecule has 0 radical (unpaired) electrons. The summed E-state index contributed by atoms with van der Waals surface area (Å²) >= 11 is 0. The molecule has 0 unspecified atom stereocenters. The Balaban J connectivity index is 3.11. The average Bonchev–Trinajstić information content (AvgIpc) is 2.27. The number of ether oxygens (including phenoxy) is 2. The number of methoxy groups -OCH3 is 2. The first kappa shape index (κ1) is 16.7. The van der Waals surface area contributed by atoms with Gasteiger partial charge in [-0.15, -0.1) is 0 Å². The molecule has 9 heteroatoms. The van der Waals surface area contributed by atoms with Crippen molar-refractivity contribution in [2.45, 2.75) is 18.7 Å². The molecular formula is C11H13F3O5S. The highest BCUT2D eigenvalue weighted by molar-refractivity contribution is 7.87. The summed E-state index contributed by atoms with van der Waals surface area (Å²) in [6.07, 6.45) is 0. The lowest BCUT2D eigenvalue weighted by atomic mass is 10.1. The number of benzene rings is 1. The predicted molar refractivity (Wildman–Crippen MR) is 63.5 cm³/mol. The molecule has 0 amide bonds. The van der Waals surface area contributed by atoms with Crippen molar-refractivity contribution in [2.75, 3.05) is 14.2 Å². The highest BCUT2D eigenvalue weighted by Crippen LogP contribution is 2.28. The van der Waals surface area contributed by atoms with Gasteiger partial charge in [-0.05, 0) is 23.3 Å². The van der Waals surface area contributed by atoms with Crippen molar-refractivity contribution in [3.8, 4) is 5.75 Å². The molecule has 0 spiro atoms. The fraction of sp³-hybridized carbons (Fsp3) is 0.455. The monoisotopic (exact) mass is 314 g/mol. The number of rotatable bonds is 6. The summed E-state index contributed by atoms with van der Waals surface area (Å²) in [4.78, 5) is 0. The number of hydrogen-bond acceptors (Lipinski definition) is 5. The van der Waals surface area contributed by atoms with Crippen molar-refractivity contribution in [1.29, 1.82) is 0 Å². The molecule has 0 atom stereocenters. The number of alkyl halides is 3. The van der Waals surface area contributed by atoms with E-state index in [1.165, 1.54) is 14.2 Å². The summed E-state index contributed by atoms with van der Waals surface area (Å²) in [6, 6.07) is 3.93. The van der Waals surface area contributed by atoms with Gasteiger partial charge in [0.05, 0.1) is 13.2 Å². The minimum atomic E-state index is -5.70. The van der Waals surface area contributed by atoms with E-state index in [4.69, 9.17) is 9.47 Å². The minimum absolute atomic E-state index is 0.0972. The predicted octanol–water partition coefficient (Wildman–Crippen LogP) is 2.21. The van der Waals surface area contributed by atoms with Gasteiger partial charge in [0.2, 0.25) is 0 Å². The van der Waals surface area contributed by atoms with Gasteiger partial charge in [-0.25, -0.2) is 0 Å². The first-order valence-corrected chi connectivity index (χ1v) is 6.72. The van der Waals surface area contributed by atoms with Crippen LogP contribution in [0.3, 0.4) is 0 Å². The van der Waals surface area contributed by atoms with Crippen LogP contribution in [0.4, 0.5) is 13.2 Å². The molecular weight excluding hydrogens is 301 g/mol. The lowest BCUT2D eigenvalue weighted by Gasteiger charge is -2.12. The van der Waals surface area contributed by atoms with Crippen molar-refractivity contribution in [2.24, 2.45) is 0 Å². The molecule has 0 aromatic heterocycles. The molecule has 1 rings (SSSR count). The van der Waals surface area contributed by atoms with E-state index in [-0.39, 0.29) is 13.2 Å². The van der Waals surface area contributed by atoms with Crippen LogP contribution in [-0.4, -0.2) is 28.1 Å². The highest BCUT2D eigenvalue weighted by Gasteiger charge is 2.48. The van der Waals surface area contributed by atoms with E-state index in [1.807, 2.05) is 0 Å². The number of halogens is 3. The highest BCUT2D eigenvalue weighted by atomic mass is 32.2. The summed E-state index contributed by atoms with van der Waals surface area (Å²) < 4.78 is 72.4. The van der Waals surface area contributed by atoms with E-state index in [0.717, 1.165) is 12.1 Å². The first-order valence-electron chi connectivity index (χ1n) is 5.31. The topological polar surface area (TPSA) is 61.8 Å². The standard InChI is InChI=1S/C11H13F3O5S/c1-17-6-8-3-9(7-18-2)5-10(4-8)19-20(15,16)11(12,13)14/h3-5H,6-7H2,1-2H3. The van der Waals surface area contributed by atoms with E-state index in [2.05, 4.69) is 4.18 Å². The molecule has 0 fully saturated rings. The van der Waals surface area contributed by atoms with Gasteiger partial charge in [-0.1, -0.05) is 6.07 Å². The Labute approximate surface area is 114 Å². The summed E-state index contributed by atoms with van der Waals surface area (Å²) in [7, 11) is -2.90. The molecule has 0 N–H and O–H groups in total. The Morgan fingerprint density at radius 3 is 1.80 bits per heavy atom. The van der Waals surface area contributed by atoms with Gasteiger partial charge < -0.3 is 13.7 Å². The second-order valence-corrected chi connectivity index (χ2v) is 5.37. The van der Waals surface area contributed by atoms with Crippen LogP contribution in [-0.2, 0) is 32.8 Å². The zero-order chi connectivity index (χ0) is 15.4. The second kappa shape index (κ2) is 6.42. The third kappa shape index (κ3) is 4.36. The quantitative estimate of drug-likeness (QED) is 0.595. The fourth-order valence-corrected chi connectivity index (χ4v) is 1.89. The van der Waals surface area contributed by atoms with Crippen LogP contribution in [0.1, 0.15) is 11.1 Å². The van der Waals surface area contributed by atoms with Gasteiger partial charge >= 0.3 is 15.6 Å². The fourth-order valence-electron chi connectivity index (χ4n) is 1.45. The van der Waals surface area contributed by atoms with E-state index in [1.54, 1.807) is 6.07 Å². The van der Waals surface area contributed by atoms with Gasteiger partial charge in [-0.2, -0.15) is 21.6 Å². The maximum absolute atomic E-state index is 12.3. The smallest absolute Gasteiger partial charge is 0.380 e. The van der Waals surface area contributed by atoms with Crippen molar-refractivity contribution in [1.82, 2.24) is 0 Å². The molecule has 1 aromatic rings. The molecule has 0 aliphatic rings. The molecule has 20 heavy (non-hydrogen) atoms. The van der Waals surface area contributed by atoms with E-state index in [9.17, 15) is 21.6 Å². The Morgan fingerprint density at radius 2 is 1.45 bits per heavy atom. The summed E-state index contributed by atoms with van der Waals surface area (Å²) in [5, 5.41) is 0. The Kier molecular flexibility index (Phi) is 5.37. The molecule has 0 aliphatic carbocycles. The molecule has 0 saturated heterocycles. The van der Waals surface area contributed by atoms with Crippen LogP contribution < -0.4 is 4.18 Å². The zero-order valence-electron chi connectivity index (χ0n) is 10.7. The summed E-state index contributed by atoms with van der Waals surface area (Å²) in [6.45, 7) is 0.194. The molecule has 0 heterocycles. The maximum atomic E-state index is 12.3. The molecule has 0 bridgehead atoms. The van der Waals surface area contributed by atoms with E-state index < -0.39 is 21.4 Å². The third-order valence-corrected chi connectivity index (χ3v) is 3.12. The van der Waals surface area contributed by atoms with Crippen LogP contribution in [0.2, 0.25) is 0 Å². The molecule has 1 aromatic carbocycles. The normalized spacial score (nSPS) is 12.4. The summed E-state index contributed by atoms with van der Waals surface area (Å²) in [5.74, 6) is -0.441. The molecule has 0 aliphatic heterocycles. The zero-order valence-corrected chi connectivity index (χ0v) is 11.5. The van der Waals surface area contributed by atoms with Crippen molar-refractivity contribution in [3.05, 3.63) is 29.3 Å². The molecule has 0 saturated carbocycles. The van der Waals surface area contributed by atoms with Crippen molar-refractivity contribution >= 4 is 10.1 Å². The van der Waals surface area contributed by atoms with Gasteiger partial charge in [0.1, 0.15) is 5.75 Å². The second-order valence-electron chi connectivity index (χ2n) is 3.83. The third-order valence-electron chi connectivity index (χ3n) is 2.14. The van der Waals surface area contributed by atoms with E-state index in [0.29, 0.717) is 11.1 Å². The Bertz CT molecular complexity index is 529. The lowest BCUT2D eigenvalue weighted by molar-refractivity contribution is -0.0500.